The molecule has 0 spiro atoms. The molecule has 2 N–H and O–H groups in total. The fourth-order valence-corrected chi connectivity index (χ4v) is 2.39. The van der Waals surface area contributed by atoms with Gasteiger partial charge in [0.15, 0.2) is 0 Å². The van der Waals surface area contributed by atoms with E-state index >= 15 is 0 Å². The fourth-order valence-electron chi connectivity index (χ4n) is 2.39. The van der Waals surface area contributed by atoms with Crippen LogP contribution < -0.4 is 10.6 Å². The second-order valence-electron chi connectivity index (χ2n) is 5.31. The summed E-state index contributed by atoms with van der Waals surface area (Å²) in [7, 11) is 0. The first-order chi connectivity index (χ1) is 10.8. The molecular formula is C16H19N5O. The van der Waals surface area contributed by atoms with Crippen LogP contribution in [0.1, 0.15) is 11.1 Å². The van der Waals surface area contributed by atoms with Crippen molar-refractivity contribution in [3.63, 3.8) is 0 Å². The van der Waals surface area contributed by atoms with Gasteiger partial charge in [-0.05, 0) is 5.56 Å². The molecule has 1 aromatic carbocycles. The van der Waals surface area contributed by atoms with Crippen molar-refractivity contribution in [3.8, 4) is 0 Å². The van der Waals surface area contributed by atoms with Crippen LogP contribution in [0.3, 0.4) is 0 Å². The Balaban J connectivity index is 1.52. The molecule has 0 saturated carbocycles. The van der Waals surface area contributed by atoms with Gasteiger partial charge in [-0.2, -0.15) is 0 Å². The quantitative estimate of drug-likeness (QED) is 0.862. The molecule has 22 heavy (non-hydrogen) atoms. The molecule has 114 valence electrons. The Kier molecular flexibility index (Phi) is 4.60. The Labute approximate surface area is 129 Å². The summed E-state index contributed by atoms with van der Waals surface area (Å²) < 4.78 is 0. The Morgan fingerprint density at radius 1 is 1.14 bits per heavy atom. The zero-order valence-electron chi connectivity index (χ0n) is 12.3. The first-order valence-electron chi connectivity index (χ1n) is 7.37. The van der Waals surface area contributed by atoms with Crippen molar-refractivity contribution in [1.82, 2.24) is 20.2 Å². The molecular weight excluding hydrogens is 278 g/mol. The minimum Gasteiger partial charge on any atom is -0.354 e. The standard InChI is InChI=1S/C16H19N5O/c22-15-12-21(7-6-17-15)11-14-9-19-16(20-10-14)18-8-13-4-2-1-3-5-13/h1-5,9-10H,6-8,11-12H2,(H,17,22)(H,18,19,20). The fraction of sp³-hybridized carbons (Fsp3) is 0.312. The number of nitrogens with one attached hydrogen (secondary N) is 2. The monoisotopic (exact) mass is 297 g/mol. The van der Waals surface area contributed by atoms with E-state index in [1.165, 1.54) is 5.56 Å². The first-order valence-corrected chi connectivity index (χ1v) is 7.37. The predicted molar refractivity (Wildman–Crippen MR) is 84.1 cm³/mol. The summed E-state index contributed by atoms with van der Waals surface area (Å²) in [4.78, 5) is 22.1. The largest absolute Gasteiger partial charge is 0.354 e. The number of benzene rings is 1. The van der Waals surface area contributed by atoms with Crippen LogP contribution in [-0.2, 0) is 17.9 Å². The van der Waals surface area contributed by atoms with Gasteiger partial charge in [0.2, 0.25) is 11.9 Å². The van der Waals surface area contributed by atoms with Crippen molar-refractivity contribution in [1.29, 1.82) is 0 Å². The second kappa shape index (κ2) is 7.00. The molecule has 0 aliphatic carbocycles. The summed E-state index contributed by atoms with van der Waals surface area (Å²) in [6.45, 7) is 3.41. The van der Waals surface area contributed by atoms with E-state index in [1.807, 2.05) is 30.6 Å². The molecule has 0 radical (unpaired) electrons. The maximum Gasteiger partial charge on any atom is 0.234 e. The van der Waals surface area contributed by atoms with E-state index < -0.39 is 0 Å². The van der Waals surface area contributed by atoms with Gasteiger partial charge in [0, 0.05) is 44.1 Å². The topological polar surface area (TPSA) is 70.2 Å². The van der Waals surface area contributed by atoms with E-state index in [9.17, 15) is 4.79 Å². The zero-order valence-corrected chi connectivity index (χ0v) is 12.3. The minimum atomic E-state index is 0.0771. The van der Waals surface area contributed by atoms with Gasteiger partial charge in [-0.15, -0.1) is 0 Å². The number of piperazine rings is 1. The number of carbonyl (C=O) groups excluding carboxylic acids is 1. The molecule has 0 unspecified atom stereocenters. The average Bonchev–Trinajstić information content (AvgIpc) is 2.55. The van der Waals surface area contributed by atoms with Crippen molar-refractivity contribution in [2.45, 2.75) is 13.1 Å². The summed E-state index contributed by atoms with van der Waals surface area (Å²) in [5.41, 5.74) is 2.20. The number of anilines is 1. The maximum atomic E-state index is 11.3. The van der Waals surface area contributed by atoms with Crippen LogP contribution in [0, 0.1) is 0 Å². The molecule has 1 fully saturated rings. The molecule has 1 amide bonds. The van der Waals surface area contributed by atoms with Gasteiger partial charge in [-0.1, -0.05) is 30.3 Å². The Bertz CT molecular complexity index is 614. The molecule has 1 saturated heterocycles. The number of hydrogen-bond donors (Lipinski definition) is 2. The molecule has 0 atom stereocenters. The lowest BCUT2D eigenvalue weighted by Gasteiger charge is -2.26. The molecule has 6 heteroatoms. The SMILES string of the molecule is O=C1CN(Cc2cnc(NCc3ccccc3)nc2)CCN1. The van der Waals surface area contributed by atoms with E-state index in [0.29, 0.717) is 32.1 Å². The van der Waals surface area contributed by atoms with E-state index in [-0.39, 0.29) is 5.91 Å². The van der Waals surface area contributed by atoms with Crippen LogP contribution in [0.25, 0.3) is 0 Å². The van der Waals surface area contributed by atoms with Crippen molar-refractivity contribution >= 4 is 11.9 Å². The number of aromatic nitrogens is 2. The van der Waals surface area contributed by atoms with Gasteiger partial charge < -0.3 is 10.6 Å². The Morgan fingerprint density at radius 2 is 1.91 bits per heavy atom. The van der Waals surface area contributed by atoms with Gasteiger partial charge in [-0.3, -0.25) is 9.69 Å². The number of carbonyl (C=O) groups is 1. The van der Waals surface area contributed by atoms with Gasteiger partial charge in [0.25, 0.3) is 0 Å². The van der Waals surface area contributed by atoms with Gasteiger partial charge in [0.1, 0.15) is 0 Å². The van der Waals surface area contributed by atoms with Gasteiger partial charge >= 0.3 is 0 Å². The van der Waals surface area contributed by atoms with Crippen molar-refractivity contribution < 1.29 is 4.79 Å². The number of nitrogens with zero attached hydrogens (tertiary/aromatic N) is 3. The van der Waals surface area contributed by atoms with E-state index in [0.717, 1.165) is 12.1 Å². The Hall–Kier alpha value is -2.47. The Morgan fingerprint density at radius 3 is 2.64 bits per heavy atom. The van der Waals surface area contributed by atoms with Gasteiger partial charge in [0.05, 0.1) is 6.54 Å². The van der Waals surface area contributed by atoms with E-state index in [4.69, 9.17) is 0 Å². The lowest BCUT2D eigenvalue weighted by Crippen LogP contribution is -2.47. The van der Waals surface area contributed by atoms with Crippen molar-refractivity contribution in [2.24, 2.45) is 0 Å². The predicted octanol–water partition coefficient (Wildman–Crippen LogP) is 1.02. The van der Waals surface area contributed by atoms with Crippen molar-refractivity contribution in [2.75, 3.05) is 25.0 Å². The number of rotatable bonds is 5. The molecule has 2 aromatic rings. The summed E-state index contributed by atoms with van der Waals surface area (Å²) in [6, 6.07) is 10.1. The molecule has 1 aromatic heterocycles. The molecule has 2 heterocycles. The summed E-state index contributed by atoms with van der Waals surface area (Å²) in [5.74, 6) is 0.692. The highest BCUT2D eigenvalue weighted by molar-refractivity contribution is 5.78. The maximum absolute atomic E-state index is 11.3. The zero-order chi connectivity index (χ0) is 15.2. The highest BCUT2D eigenvalue weighted by Gasteiger charge is 2.16. The summed E-state index contributed by atoms with van der Waals surface area (Å²) >= 11 is 0. The third-order valence-corrected chi connectivity index (χ3v) is 3.52. The summed E-state index contributed by atoms with van der Waals surface area (Å²) in [5, 5.41) is 6.02. The second-order valence-corrected chi connectivity index (χ2v) is 5.31. The van der Waals surface area contributed by atoms with Crippen molar-refractivity contribution in [3.05, 3.63) is 53.9 Å². The smallest absolute Gasteiger partial charge is 0.234 e. The average molecular weight is 297 g/mol. The van der Waals surface area contributed by atoms with Crippen LogP contribution in [0.5, 0.6) is 0 Å². The first kappa shape index (κ1) is 14.5. The number of amides is 1. The van der Waals surface area contributed by atoms with E-state index in [1.54, 1.807) is 0 Å². The van der Waals surface area contributed by atoms with Crippen LogP contribution in [0.2, 0.25) is 0 Å². The van der Waals surface area contributed by atoms with Gasteiger partial charge in [-0.25, -0.2) is 9.97 Å². The highest BCUT2D eigenvalue weighted by atomic mass is 16.2. The van der Waals surface area contributed by atoms with E-state index in [2.05, 4.69) is 37.6 Å². The third kappa shape index (κ3) is 4.02. The minimum absolute atomic E-state index is 0.0771. The highest BCUT2D eigenvalue weighted by Crippen LogP contribution is 2.07. The molecule has 1 aliphatic heterocycles. The van der Waals surface area contributed by atoms with Crippen LogP contribution in [0.4, 0.5) is 5.95 Å². The molecule has 1 aliphatic rings. The summed E-state index contributed by atoms with van der Waals surface area (Å²) in [6.07, 6.45) is 3.62. The lowest BCUT2D eigenvalue weighted by atomic mass is 10.2. The van der Waals surface area contributed by atoms with Crippen LogP contribution in [-0.4, -0.2) is 40.4 Å². The van der Waals surface area contributed by atoms with Crippen LogP contribution >= 0.6 is 0 Å². The van der Waals surface area contributed by atoms with Crippen LogP contribution in [0.15, 0.2) is 42.7 Å². The lowest BCUT2D eigenvalue weighted by molar-refractivity contribution is -0.124. The molecule has 0 bridgehead atoms. The molecule has 3 rings (SSSR count). The number of hydrogen-bond acceptors (Lipinski definition) is 5. The molecule has 6 nitrogen and oxygen atoms in total. The normalized spacial score (nSPS) is 15.4. The third-order valence-electron chi connectivity index (χ3n) is 3.52.